The maximum Gasteiger partial charge on any atom is 0.409 e. The van der Waals surface area contributed by atoms with E-state index in [1.807, 2.05) is 20.9 Å². The van der Waals surface area contributed by atoms with Crippen LogP contribution in [0.3, 0.4) is 0 Å². The highest BCUT2D eigenvalue weighted by molar-refractivity contribution is 5.79. The molecule has 1 saturated heterocycles. The summed E-state index contributed by atoms with van der Waals surface area (Å²) >= 11 is 0. The Hall–Kier alpha value is -1.98. The molecule has 0 spiro atoms. The van der Waals surface area contributed by atoms with E-state index in [-0.39, 0.29) is 18.0 Å². The molecule has 2 rings (SSSR count). The van der Waals surface area contributed by atoms with Gasteiger partial charge in [-0.2, -0.15) is 0 Å². The molecule has 6 nitrogen and oxygen atoms in total. The van der Waals surface area contributed by atoms with Crippen molar-refractivity contribution in [1.29, 1.82) is 0 Å². The molecule has 0 aromatic carbocycles. The summed E-state index contributed by atoms with van der Waals surface area (Å²) in [6.45, 7) is 7.54. The predicted molar refractivity (Wildman–Crippen MR) is 88.4 cm³/mol. The van der Waals surface area contributed by atoms with Crippen LogP contribution in [0, 0.1) is 13.8 Å². The van der Waals surface area contributed by atoms with Crippen LogP contribution in [0.4, 0.5) is 4.79 Å². The molecule has 128 valence electrons. The van der Waals surface area contributed by atoms with Crippen LogP contribution in [-0.4, -0.2) is 47.2 Å². The first-order valence-electron chi connectivity index (χ1n) is 8.25. The molecular formula is C17H27N3O3. The smallest absolute Gasteiger partial charge is 0.409 e. The SMILES string of the molecule is CCOC(=O)N1CCC(NC(=O)Cc2cc(C)n(C)c2C)CC1. The lowest BCUT2D eigenvalue weighted by atomic mass is 10.0. The molecule has 0 bridgehead atoms. The Morgan fingerprint density at radius 1 is 1.30 bits per heavy atom. The Labute approximate surface area is 137 Å². The number of hydrogen-bond donors (Lipinski definition) is 1. The summed E-state index contributed by atoms with van der Waals surface area (Å²) < 4.78 is 7.10. The Morgan fingerprint density at radius 3 is 2.48 bits per heavy atom. The number of aryl methyl sites for hydroxylation is 1. The van der Waals surface area contributed by atoms with E-state index in [2.05, 4.69) is 16.0 Å². The Balaban J connectivity index is 1.81. The van der Waals surface area contributed by atoms with Crippen molar-refractivity contribution in [3.63, 3.8) is 0 Å². The normalized spacial score (nSPS) is 15.6. The van der Waals surface area contributed by atoms with Crippen LogP contribution in [0.2, 0.25) is 0 Å². The van der Waals surface area contributed by atoms with Crippen molar-refractivity contribution < 1.29 is 14.3 Å². The summed E-state index contributed by atoms with van der Waals surface area (Å²) in [4.78, 5) is 25.6. The number of carbonyl (C=O) groups is 2. The number of hydrogen-bond acceptors (Lipinski definition) is 3. The lowest BCUT2D eigenvalue weighted by Crippen LogP contribution is -2.47. The largest absolute Gasteiger partial charge is 0.450 e. The van der Waals surface area contributed by atoms with Crippen molar-refractivity contribution >= 4 is 12.0 Å². The van der Waals surface area contributed by atoms with Gasteiger partial charge in [0.15, 0.2) is 0 Å². The molecule has 0 aliphatic carbocycles. The number of amides is 2. The second-order valence-electron chi connectivity index (χ2n) is 6.16. The average molecular weight is 321 g/mol. The third kappa shape index (κ3) is 4.27. The highest BCUT2D eigenvalue weighted by atomic mass is 16.6. The van der Waals surface area contributed by atoms with Crippen molar-refractivity contribution in [2.24, 2.45) is 7.05 Å². The van der Waals surface area contributed by atoms with Gasteiger partial charge in [-0.05, 0) is 45.2 Å². The number of nitrogens with zero attached hydrogens (tertiary/aromatic N) is 2. The van der Waals surface area contributed by atoms with Gasteiger partial charge >= 0.3 is 6.09 Å². The van der Waals surface area contributed by atoms with Crippen molar-refractivity contribution in [2.75, 3.05) is 19.7 Å². The van der Waals surface area contributed by atoms with E-state index in [9.17, 15) is 9.59 Å². The second-order valence-corrected chi connectivity index (χ2v) is 6.16. The summed E-state index contributed by atoms with van der Waals surface area (Å²) in [5.74, 6) is 0.0493. The monoisotopic (exact) mass is 321 g/mol. The number of ether oxygens (including phenoxy) is 1. The van der Waals surface area contributed by atoms with Crippen LogP contribution in [0.15, 0.2) is 6.07 Å². The van der Waals surface area contributed by atoms with Gasteiger partial charge in [0.25, 0.3) is 0 Å². The molecule has 0 saturated carbocycles. The molecule has 1 aromatic heterocycles. The van der Waals surface area contributed by atoms with Crippen molar-refractivity contribution in [3.05, 3.63) is 23.0 Å². The first-order valence-corrected chi connectivity index (χ1v) is 8.25. The minimum Gasteiger partial charge on any atom is -0.450 e. The highest BCUT2D eigenvalue weighted by Crippen LogP contribution is 2.15. The van der Waals surface area contributed by atoms with Gasteiger partial charge in [-0.1, -0.05) is 0 Å². The third-order valence-electron chi connectivity index (χ3n) is 4.62. The minimum absolute atomic E-state index is 0.0493. The molecule has 1 fully saturated rings. The van der Waals surface area contributed by atoms with E-state index in [4.69, 9.17) is 4.74 Å². The van der Waals surface area contributed by atoms with E-state index >= 15 is 0 Å². The summed E-state index contributed by atoms with van der Waals surface area (Å²) in [7, 11) is 2.01. The molecular weight excluding hydrogens is 294 g/mol. The zero-order valence-corrected chi connectivity index (χ0v) is 14.5. The van der Waals surface area contributed by atoms with Crippen LogP contribution < -0.4 is 5.32 Å². The molecule has 0 radical (unpaired) electrons. The van der Waals surface area contributed by atoms with E-state index in [1.165, 1.54) is 0 Å². The summed E-state index contributed by atoms with van der Waals surface area (Å²) in [5.41, 5.74) is 3.37. The van der Waals surface area contributed by atoms with Crippen LogP contribution >= 0.6 is 0 Å². The number of likely N-dealkylation sites (tertiary alicyclic amines) is 1. The lowest BCUT2D eigenvalue weighted by Gasteiger charge is -2.31. The summed E-state index contributed by atoms with van der Waals surface area (Å²) in [6.07, 6.45) is 1.70. The van der Waals surface area contributed by atoms with Crippen molar-refractivity contribution in [1.82, 2.24) is 14.8 Å². The first-order chi connectivity index (χ1) is 10.9. The number of rotatable bonds is 4. The standard InChI is InChI=1S/C17H27N3O3/c1-5-23-17(22)20-8-6-15(7-9-20)18-16(21)11-14-10-12(2)19(4)13(14)3/h10,15H,5-9,11H2,1-4H3,(H,18,21). The van der Waals surface area contributed by atoms with Crippen LogP contribution in [0.25, 0.3) is 0 Å². The number of piperidine rings is 1. The Morgan fingerprint density at radius 2 is 1.96 bits per heavy atom. The van der Waals surface area contributed by atoms with Gasteiger partial charge in [-0.25, -0.2) is 4.79 Å². The van der Waals surface area contributed by atoms with Gasteiger partial charge < -0.3 is 19.5 Å². The molecule has 2 heterocycles. The first kappa shape index (κ1) is 17.4. The van der Waals surface area contributed by atoms with E-state index in [0.717, 1.165) is 29.8 Å². The summed E-state index contributed by atoms with van der Waals surface area (Å²) in [6, 6.07) is 2.21. The maximum absolute atomic E-state index is 12.2. The Kier molecular flexibility index (Phi) is 5.69. The zero-order valence-electron chi connectivity index (χ0n) is 14.5. The molecule has 0 atom stereocenters. The van der Waals surface area contributed by atoms with Gasteiger partial charge in [0.1, 0.15) is 0 Å². The molecule has 1 N–H and O–H groups in total. The highest BCUT2D eigenvalue weighted by Gasteiger charge is 2.24. The molecule has 1 aliphatic heterocycles. The van der Waals surface area contributed by atoms with Crippen molar-refractivity contribution in [2.45, 2.75) is 46.1 Å². The Bertz CT molecular complexity index is 572. The molecule has 23 heavy (non-hydrogen) atoms. The minimum atomic E-state index is -0.257. The number of nitrogens with one attached hydrogen (secondary N) is 1. The quantitative estimate of drug-likeness (QED) is 0.921. The molecule has 1 aliphatic rings. The average Bonchev–Trinajstić information content (AvgIpc) is 2.75. The zero-order chi connectivity index (χ0) is 17.0. The van der Waals surface area contributed by atoms with E-state index in [0.29, 0.717) is 26.1 Å². The van der Waals surface area contributed by atoms with Gasteiger partial charge in [0.05, 0.1) is 13.0 Å². The van der Waals surface area contributed by atoms with Gasteiger partial charge in [0, 0.05) is 37.6 Å². The second kappa shape index (κ2) is 7.53. The molecule has 2 amide bonds. The van der Waals surface area contributed by atoms with Crippen LogP contribution in [-0.2, 0) is 23.0 Å². The maximum atomic E-state index is 12.2. The van der Waals surface area contributed by atoms with Crippen molar-refractivity contribution in [3.8, 4) is 0 Å². The van der Waals surface area contributed by atoms with Gasteiger partial charge in [-0.15, -0.1) is 0 Å². The number of carbonyl (C=O) groups excluding carboxylic acids is 2. The van der Waals surface area contributed by atoms with E-state index < -0.39 is 0 Å². The van der Waals surface area contributed by atoms with E-state index in [1.54, 1.807) is 11.8 Å². The molecule has 1 aromatic rings. The van der Waals surface area contributed by atoms with Gasteiger partial charge in [-0.3, -0.25) is 4.79 Å². The topological polar surface area (TPSA) is 63.6 Å². The molecule has 6 heteroatoms. The van der Waals surface area contributed by atoms with Gasteiger partial charge in [0.2, 0.25) is 5.91 Å². The number of aromatic nitrogens is 1. The fourth-order valence-electron chi connectivity index (χ4n) is 2.99. The summed E-state index contributed by atoms with van der Waals surface area (Å²) in [5, 5.41) is 3.09. The lowest BCUT2D eigenvalue weighted by molar-refractivity contribution is -0.121. The van der Waals surface area contributed by atoms with Crippen LogP contribution in [0.5, 0.6) is 0 Å². The van der Waals surface area contributed by atoms with Crippen LogP contribution in [0.1, 0.15) is 36.7 Å². The molecule has 0 unspecified atom stereocenters. The third-order valence-corrected chi connectivity index (χ3v) is 4.62. The fourth-order valence-corrected chi connectivity index (χ4v) is 2.99. The predicted octanol–water partition coefficient (Wildman–Crippen LogP) is 1.92. The fraction of sp³-hybridized carbons (Fsp3) is 0.647.